The molecule has 2 aromatic carbocycles. The van der Waals surface area contributed by atoms with E-state index >= 15 is 0 Å². The van der Waals surface area contributed by atoms with Crippen LogP contribution >= 0.6 is 0 Å². The Kier molecular flexibility index (Phi) is 7.24. The van der Waals surface area contributed by atoms with Crippen molar-refractivity contribution in [3.63, 3.8) is 0 Å². The van der Waals surface area contributed by atoms with Crippen LogP contribution in [-0.4, -0.2) is 87.0 Å². The molecule has 200 valence electrons. The van der Waals surface area contributed by atoms with Gasteiger partial charge in [0.25, 0.3) is 5.91 Å². The predicted molar refractivity (Wildman–Crippen MR) is 150 cm³/mol. The van der Waals surface area contributed by atoms with Gasteiger partial charge in [0.05, 0.1) is 7.11 Å². The standard InChI is InChI=1S/C28H35N7O3/c1-31(2)20-4-6-22(7-5-20)34-15-12-24-26(28(34)37)35(30-27(24)29)25(36)13-14-32-16-18-33(19-17-32)21-8-10-23(38-3)11-9-21/h4-11H,12-19H2,1-3H3,(H2,29,30). The van der Waals surface area contributed by atoms with Crippen LogP contribution in [0.1, 0.15) is 27.3 Å². The molecule has 1 saturated heterocycles. The Labute approximate surface area is 223 Å². The minimum Gasteiger partial charge on any atom is -0.497 e. The maximum atomic E-state index is 13.5. The van der Waals surface area contributed by atoms with E-state index in [0.29, 0.717) is 30.8 Å². The molecule has 0 aliphatic carbocycles. The first-order chi connectivity index (χ1) is 18.4. The van der Waals surface area contributed by atoms with E-state index in [1.807, 2.05) is 55.4 Å². The molecule has 1 amide bonds. The third-order valence-electron chi connectivity index (χ3n) is 7.41. The molecule has 2 N–H and O–H groups in total. The Hall–Kier alpha value is -4.05. The van der Waals surface area contributed by atoms with Gasteiger partial charge in [0, 0.05) is 82.4 Å². The lowest BCUT2D eigenvalue weighted by Gasteiger charge is -2.36. The smallest absolute Gasteiger partial charge is 0.277 e. The summed E-state index contributed by atoms with van der Waals surface area (Å²) in [5, 5.41) is 4.29. The Morgan fingerprint density at radius 2 is 1.63 bits per heavy atom. The minimum atomic E-state index is -0.241. The van der Waals surface area contributed by atoms with Crippen LogP contribution in [0, 0.1) is 0 Å². The quantitative estimate of drug-likeness (QED) is 0.511. The number of nitrogens with zero attached hydrogens (tertiary/aromatic N) is 6. The number of nitrogens with two attached hydrogens (primary N) is 1. The van der Waals surface area contributed by atoms with Gasteiger partial charge in [-0.2, -0.15) is 4.68 Å². The number of nitrogen functional groups attached to an aromatic ring is 1. The minimum absolute atomic E-state index is 0.214. The lowest BCUT2D eigenvalue weighted by Crippen LogP contribution is -2.47. The van der Waals surface area contributed by atoms with Crippen molar-refractivity contribution in [2.45, 2.75) is 12.8 Å². The van der Waals surface area contributed by atoms with Crippen molar-refractivity contribution in [2.75, 3.05) is 80.9 Å². The molecule has 0 unspecified atom stereocenters. The van der Waals surface area contributed by atoms with Crippen molar-refractivity contribution in [1.29, 1.82) is 0 Å². The predicted octanol–water partition coefficient (Wildman–Crippen LogP) is 2.60. The summed E-state index contributed by atoms with van der Waals surface area (Å²) in [4.78, 5) is 35.1. The van der Waals surface area contributed by atoms with Gasteiger partial charge in [0.15, 0.2) is 0 Å². The van der Waals surface area contributed by atoms with Crippen LogP contribution in [0.25, 0.3) is 0 Å². The number of carbonyl (C=O) groups is 2. The number of hydrogen-bond acceptors (Lipinski definition) is 8. The fourth-order valence-electron chi connectivity index (χ4n) is 5.13. The third-order valence-corrected chi connectivity index (χ3v) is 7.41. The number of hydrogen-bond donors (Lipinski definition) is 1. The lowest BCUT2D eigenvalue weighted by atomic mass is 10.0. The van der Waals surface area contributed by atoms with Crippen molar-refractivity contribution in [3.05, 3.63) is 59.8 Å². The van der Waals surface area contributed by atoms with E-state index in [2.05, 4.69) is 27.0 Å². The summed E-state index contributed by atoms with van der Waals surface area (Å²) in [5.74, 6) is 0.650. The molecule has 3 aromatic rings. The number of piperazine rings is 1. The van der Waals surface area contributed by atoms with Crippen molar-refractivity contribution >= 4 is 34.7 Å². The molecule has 38 heavy (non-hydrogen) atoms. The second-order valence-corrected chi connectivity index (χ2v) is 9.91. The van der Waals surface area contributed by atoms with Crippen LogP contribution in [0.3, 0.4) is 0 Å². The van der Waals surface area contributed by atoms with E-state index in [4.69, 9.17) is 10.5 Å². The van der Waals surface area contributed by atoms with Crippen molar-refractivity contribution in [1.82, 2.24) is 14.7 Å². The number of benzene rings is 2. The molecule has 2 aliphatic heterocycles. The molecule has 5 rings (SSSR count). The summed E-state index contributed by atoms with van der Waals surface area (Å²) >= 11 is 0. The number of carbonyl (C=O) groups excluding carboxylic acids is 2. The molecule has 10 heteroatoms. The molecule has 1 aromatic heterocycles. The molecule has 3 heterocycles. The summed E-state index contributed by atoms with van der Waals surface area (Å²) in [7, 11) is 5.61. The van der Waals surface area contributed by atoms with E-state index in [-0.39, 0.29) is 24.1 Å². The van der Waals surface area contributed by atoms with Crippen LogP contribution < -0.4 is 25.2 Å². The van der Waals surface area contributed by atoms with Gasteiger partial charge in [-0.15, -0.1) is 5.10 Å². The Bertz CT molecular complexity index is 1290. The lowest BCUT2D eigenvalue weighted by molar-refractivity contribution is 0.0840. The molecule has 1 fully saturated rings. The normalized spacial score (nSPS) is 15.9. The first-order valence-corrected chi connectivity index (χ1v) is 13.0. The van der Waals surface area contributed by atoms with E-state index in [1.165, 1.54) is 10.4 Å². The summed E-state index contributed by atoms with van der Waals surface area (Å²) in [6.45, 7) is 4.57. The van der Waals surface area contributed by atoms with Crippen molar-refractivity contribution in [3.8, 4) is 5.75 Å². The highest BCUT2D eigenvalue weighted by Crippen LogP contribution is 2.29. The third kappa shape index (κ3) is 5.04. The average Bonchev–Trinajstić information content (AvgIpc) is 3.29. The summed E-state index contributed by atoms with van der Waals surface area (Å²) in [6, 6.07) is 15.9. The molecule has 2 aliphatic rings. The Balaban J connectivity index is 1.22. The SMILES string of the molecule is COc1ccc(N2CCN(CCC(=O)n3nc(N)c4c3C(=O)N(c3ccc(N(C)C)cc3)CC4)CC2)cc1. The number of rotatable bonds is 7. The molecule has 0 spiro atoms. The second-order valence-electron chi connectivity index (χ2n) is 9.91. The van der Waals surface area contributed by atoms with Gasteiger partial charge >= 0.3 is 0 Å². The topological polar surface area (TPSA) is 100 Å². The van der Waals surface area contributed by atoms with Crippen LogP contribution in [0.4, 0.5) is 22.9 Å². The van der Waals surface area contributed by atoms with E-state index in [9.17, 15) is 9.59 Å². The van der Waals surface area contributed by atoms with Gasteiger partial charge in [-0.25, -0.2) is 0 Å². The van der Waals surface area contributed by atoms with E-state index in [0.717, 1.165) is 43.3 Å². The zero-order valence-corrected chi connectivity index (χ0v) is 22.3. The zero-order chi connectivity index (χ0) is 26.8. The highest BCUT2D eigenvalue weighted by Gasteiger charge is 2.34. The average molecular weight is 518 g/mol. The summed E-state index contributed by atoms with van der Waals surface area (Å²) < 4.78 is 6.49. The first kappa shape index (κ1) is 25.6. The highest BCUT2D eigenvalue weighted by molar-refractivity contribution is 6.09. The zero-order valence-electron chi connectivity index (χ0n) is 22.3. The van der Waals surface area contributed by atoms with Gasteiger partial charge in [0.1, 0.15) is 17.3 Å². The molecule has 0 bridgehead atoms. The van der Waals surface area contributed by atoms with Crippen LogP contribution in [0.15, 0.2) is 48.5 Å². The number of amides is 1. The van der Waals surface area contributed by atoms with Crippen LogP contribution in [0.5, 0.6) is 5.75 Å². The van der Waals surface area contributed by atoms with Gasteiger partial charge in [0.2, 0.25) is 5.91 Å². The fourth-order valence-corrected chi connectivity index (χ4v) is 5.13. The maximum Gasteiger partial charge on any atom is 0.277 e. The molecule has 0 atom stereocenters. The molecule has 0 saturated carbocycles. The van der Waals surface area contributed by atoms with Gasteiger partial charge in [-0.1, -0.05) is 0 Å². The summed E-state index contributed by atoms with van der Waals surface area (Å²) in [5.41, 5.74) is 10.1. The molecular formula is C28H35N7O3. The molecular weight excluding hydrogens is 482 g/mol. The number of aromatic nitrogens is 2. The molecule has 0 radical (unpaired) electrons. The van der Waals surface area contributed by atoms with Gasteiger partial charge in [-0.05, 0) is 55.0 Å². The van der Waals surface area contributed by atoms with Crippen molar-refractivity contribution in [2.24, 2.45) is 0 Å². The Morgan fingerprint density at radius 1 is 0.974 bits per heavy atom. The van der Waals surface area contributed by atoms with E-state index in [1.54, 1.807) is 12.0 Å². The number of fused-ring (bicyclic) bond motifs is 1. The largest absolute Gasteiger partial charge is 0.497 e. The maximum absolute atomic E-state index is 13.5. The van der Waals surface area contributed by atoms with Crippen LogP contribution in [-0.2, 0) is 6.42 Å². The van der Waals surface area contributed by atoms with Gasteiger partial charge < -0.3 is 25.2 Å². The number of ether oxygens (including phenoxy) is 1. The van der Waals surface area contributed by atoms with E-state index < -0.39 is 0 Å². The molecule has 10 nitrogen and oxygen atoms in total. The second kappa shape index (κ2) is 10.7. The highest BCUT2D eigenvalue weighted by atomic mass is 16.5. The van der Waals surface area contributed by atoms with Crippen LogP contribution in [0.2, 0.25) is 0 Å². The Morgan fingerprint density at radius 3 is 2.26 bits per heavy atom. The monoisotopic (exact) mass is 517 g/mol. The van der Waals surface area contributed by atoms with Crippen molar-refractivity contribution < 1.29 is 14.3 Å². The fraction of sp³-hybridized carbons (Fsp3) is 0.393. The number of anilines is 4. The number of methoxy groups -OCH3 is 1. The summed E-state index contributed by atoms with van der Waals surface area (Å²) in [6.07, 6.45) is 0.823. The van der Waals surface area contributed by atoms with Gasteiger partial charge in [-0.3, -0.25) is 14.5 Å². The first-order valence-electron chi connectivity index (χ1n) is 13.0.